The molecule has 0 bridgehead atoms. The summed E-state index contributed by atoms with van der Waals surface area (Å²) in [6.45, 7) is 4.69. The van der Waals surface area contributed by atoms with E-state index in [9.17, 15) is 14.4 Å². The molecule has 2 aromatic rings. The number of carbonyl (C=O) groups is 1. The summed E-state index contributed by atoms with van der Waals surface area (Å²) in [6, 6.07) is -0.325. The molecular weight excluding hydrogens is 298 g/mol. The van der Waals surface area contributed by atoms with Gasteiger partial charge in [-0.2, -0.15) is 0 Å². The van der Waals surface area contributed by atoms with Crippen molar-refractivity contribution in [3.63, 3.8) is 0 Å². The maximum absolute atomic E-state index is 12.8. The molecule has 1 atom stereocenters. The lowest BCUT2D eigenvalue weighted by atomic mass is 10.0. The van der Waals surface area contributed by atoms with Crippen LogP contribution in [0.25, 0.3) is 11.2 Å². The number of rotatable bonds is 2. The Kier molecular flexibility index (Phi) is 3.62. The fraction of sp³-hybridized carbons (Fsp3) is 0.600. The van der Waals surface area contributed by atoms with Crippen LogP contribution in [-0.4, -0.2) is 42.1 Å². The highest BCUT2D eigenvalue weighted by Crippen LogP contribution is 2.26. The fourth-order valence-corrected chi connectivity index (χ4v) is 3.25. The van der Waals surface area contributed by atoms with Gasteiger partial charge in [0.1, 0.15) is 6.04 Å². The molecule has 2 aromatic heterocycles. The number of nitrogens with zero attached hydrogens (tertiary/aromatic N) is 5. The number of piperidine rings is 1. The van der Waals surface area contributed by atoms with Crippen LogP contribution in [0, 0.1) is 0 Å². The second-order valence-electron chi connectivity index (χ2n) is 6.31. The molecule has 0 spiro atoms. The van der Waals surface area contributed by atoms with Crippen LogP contribution in [0.4, 0.5) is 0 Å². The van der Waals surface area contributed by atoms with Gasteiger partial charge in [-0.15, -0.1) is 0 Å². The van der Waals surface area contributed by atoms with E-state index in [4.69, 9.17) is 0 Å². The largest absolute Gasteiger partial charge is 0.338 e. The number of amides is 1. The van der Waals surface area contributed by atoms with E-state index >= 15 is 0 Å². The molecule has 3 rings (SSSR count). The van der Waals surface area contributed by atoms with Crippen molar-refractivity contribution in [1.82, 2.24) is 23.6 Å². The fourth-order valence-electron chi connectivity index (χ4n) is 3.25. The Bertz CT molecular complexity index is 889. The SMILES string of the molecule is CC(C)N1CCC[C@@H](n2cnc3c2c(=O)n(C)c(=O)n3C)C1=O. The van der Waals surface area contributed by atoms with E-state index in [0.717, 1.165) is 17.5 Å². The van der Waals surface area contributed by atoms with E-state index in [-0.39, 0.29) is 11.9 Å². The van der Waals surface area contributed by atoms with E-state index in [1.165, 1.54) is 17.9 Å². The van der Waals surface area contributed by atoms with Crippen LogP contribution in [0.15, 0.2) is 15.9 Å². The Morgan fingerprint density at radius 3 is 2.52 bits per heavy atom. The third kappa shape index (κ3) is 2.20. The second kappa shape index (κ2) is 5.36. The molecule has 1 fully saturated rings. The van der Waals surface area contributed by atoms with Gasteiger partial charge in [0, 0.05) is 26.7 Å². The minimum atomic E-state index is -0.443. The van der Waals surface area contributed by atoms with Gasteiger partial charge < -0.3 is 9.47 Å². The summed E-state index contributed by atoms with van der Waals surface area (Å²) in [6.07, 6.45) is 3.04. The number of likely N-dealkylation sites (tertiary alicyclic amines) is 1. The normalized spacial score (nSPS) is 19.1. The minimum absolute atomic E-state index is 0.00135. The second-order valence-corrected chi connectivity index (χ2v) is 6.31. The molecule has 0 radical (unpaired) electrons. The van der Waals surface area contributed by atoms with E-state index < -0.39 is 17.3 Å². The van der Waals surface area contributed by atoms with Gasteiger partial charge >= 0.3 is 5.69 Å². The highest BCUT2D eigenvalue weighted by molar-refractivity contribution is 5.83. The average molecular weight is 319 g/mol. The summed E-state index contributed by atoms with van der Waals surface area (Å²) in [4.78, 5) is 43.3. The highest BCUT2D eigenvalue weighted by atomic mass is 16.2. The number of aromatic nitrogens is 4. The lowest BCUT2D eigenvalue weighted by Gasteiger charge is -2.35. The predicted molar refractivity (Wildman–Crippen MR) is 85.3 cm³/mol. The maximum Gasteiger partial charge on any atom is 0.332 e. The monoisotopic (exact) mass is 319 g/mol. The number of carbonyl (C=O) groups excluding carboxylic acids is 1. The Balaban J connectivity index is 2.20. The first kappa shape index (κ1) is 15.5. The summed E-state index contributed by atoms with van der Waals surface area (Å²) >= 11 is 0. The summed E-state index contributed by atoms with van der Waals surface area (Å²) in [5.74, 6) is 0.00135. The van der Waals surface area contributed by atoms with Gasteiger partial charge in [0.15, 0.2) is 11.2 Å². The molecule has 1 amide bonds. The third-order valence-electron chi connectivity index (χ3n) is 4.58. The molecule has 0 saturated carbocycles. The van der Waals surface area contributed by atoms with Crippen LogP contribution < -0.4 is 11.2 Å². The molecule has 1 aliphatic rings. The van der Waals surface area contributed by atoms with Gasteiger partial charge in [-0.3, -0.25) is 18.7 Å². The minimum Gasteiger partial charge on any atom is -0.338 e. The van der Waals surface area contributed by atoms with Gasteiger partial charge in [0.2, 0.25) is 5.91 Å². The Morgan fingerprint density at radius 2 is 1.87 bits per heavy atom. The van der Waals surface area contributed by atoms with E-state index in [2.05, 4.69) is 4.98 Å². The van der Waals surface area contributed by atoms with Crippen molar-refractivity contribution in [3.05, 3.63) is 27.2 Å². The van der Waals surface area contributed by atoms with Crippen LogP contribution in [0.5, 0.6) is 0 Å². The molecule has 1 aliphatic heterocycles. The first-order chi connectivity index (χ1) is 10.8. The van der Waals surface area contributed by atoms with Gasteiger partial charge in [0.25, 0.3) is 5.56 Å². The molecule has 124 valence electrons. The Labute approximate surface area is 132 Å². The predicted octanol–water partition coefficient (Wildman–Crippen LogP) is 0.00560. The lowest BCUT2D eigenvalue weighted by Crippen LogP contribution is -2.46. The topological polar surface area (TPSA) is 82.1 Å². The van der Waals surface area contributed by atoms with Crippen molar-refractivity contribution in [3.8, 4) is 0 Å². The van der Waals surface area contributed by atoms with Crippen molar-refractivity contribution in [1.29, 1.82) is 0 Å². The average Bonchev–Trinajstić information content (AvgIpc) is 2.95. The molecule has 8 nitrogen and oxygen atoms in total. The third-order valence-corrected chi connectivity index (χ3v) is 4.58. The van der Waals surface area contributed by atoms with Crippen molar-refractivity contribution in [2.24, 2.45) is 14.1 Å². The van der Waals surface area contributed by atoms with Crippen LogP contribution in [0.3, 0.4) is 0 Å². The smallest absolute Gasteiger partial charge is 0.332 e. The molecule has 23 heavy (non-hydrogen) atoms. The van der Waals surface area contributed by atoms with E-state index in [1.807, 2.05) is 18.7 Å². The molecule has 3 heterocycles. The van der Waals surface area contributed by atoms with Crippen molar-refractivity contribution < 1.29 is 4.79 Å². The van der Waals surface area contributed by atoms with Crippen LogP contribution in [0.2, 0.25) is 0 Å². The maximum atomic E-state index is 12.8. The first-order valence-corrected chi connectivity index (χ1v) is 7.77. The van der Waals surface area contributed by atoms with E-state index in [1.54, 1.807) is 11.6 Å². The van der Waals surface area contributed by atoms with Crippen molar-refractivity contribution in [2.45, 2.75) is 38.8 Å². The molecule has 1 saturated heterocycles. The zero-order valence-corrected chi connectivity index (χ0v) is 13.8. The Hall–Kier alpha value is -2.38. The van der Waals surface area contributed by atoms with Crippen LogP contribution in [0.1, 0.15) is 32.7 Å². The molecule has 0 aliphatic carbocycles. The standard InChI is InChI=1S/C15H21N5O3/c1-9(2)19-7-5-6-10(13(19)21)20-8-16-12-11(20)14(22)18(4)15(23)17(12)3/h8-10H,5-7H2,1-4H3/t10-/m1/s1. The number of imidazole rings is 1. The Morgan fingerprint density at radius 1 is 1.17 bits per heavy atom. The van der Waals surface area contributed by atoms with Crippen molar-refractivity contribution in [2.75, 3.05) is 6.54 Å². The van der Waals surface area contributed by atoms with Gasteiger partial charge in [-0.1, -0.05) is 0 Å². The summed E-state index contributed by atoms with van der Waals surface area (Å²) in [5, 5.41) is 0. The van der Waals surface area contributed by atoms with Gasteiger partial charge in [0.05, 0.1) is 6.33 Å². The van der Waals surface area contributed by atoms with Gasteiger partial charge in [-0.05, 0) is 26.7 Å². The summed E-state index contributed by atoms with van der Waals surface area (Å²) in [7, 11) is 3.01. The van der Waals surface area contributed by atoms with Crippen molar-refractivity contribution >= 4 is 17.1 Å². The number of hydrogen-bond acceptors (Lipinski definition) is 4. The van der Waals surface area contributed by atoms with Crippen LogP contribution in [-0.2, 0) is 18.9 Å². The number of fused-ring (bicyclic) bond motifs is 1. The van der Waals surface area contributed by atoms with E-state index in [0.29, 0.717) is 17.6 Å². The van der Waals surface area contributed by atoms with Gasteiger partial charge in [-0.25, -0.2) is 9.78 Å². The molecule has 0 N–H and O–H groups in total. The summed E-state index contributed by atoms with van der Waals surface area (Å²) in [5.41, 5.74) is -0.229. The molecule has 8 heteroatoms. The first-order valence-electron chi connectivity index (χ1n) is 7.77. The van der Waals surface area contributed by atoms with Crippen LogP contribution >= 0.6 is 0 Å². The number of hydrogen-bond donors (Lipinski definition) is 0. The quantitative estimate of drug-likeness (QED) is 0.780. The lowest BCUT2D eigenvalue weighted by molar-refractivity contribution is -0.139. The zero-order chi connectivity index (χ0) is 16.9. The molecule has 0 unspecified atom stereocenters. The zero-order valence-electron chi connectivity index (χ0n) is 13.8. The molecule has 0 aromatic carbocycles. The molecular formula is C15H21N5O3. The highest BCUT2D eigenvalue weighted by Gasteiger charge is 2.33. The number of aryl methyl sites for hydroxylation is 1. The summed E-state index contributed by atoms with van der Waals surface area (Å²) < 4.78 is 4.02.